The van der Waals surface area contributed by atoms with E-state index in [1.54, 1.807) is 17.9 Å². The van der Waals surface area contributed by atoms with E-state index >= 15 is 0 Å². The second kappa shape index (κ2) is 8.78. The number of hydrogen-bond acceptors (Lipinski definition) is 6. The number of nitrogens with zero attached hydrogens (tertiary/aromatic N) is 2. The lowest BCUT2D eigenvalue weighted by molar-refractivity contribution is -0.163. The van der Waals surface area contributed by atoms with Gasteiger partial charge < -0.3 is 24.4 Å². The quantitative estimate of drug-likeness (QED) is 0.425. The molecule has 3 heterocycles. The van der Waals surface area contributed by atoms with E-state index < -0.39 is 41.1 Å². The molecular formula is C24H38N2O6. The summed E-state index contributed by atoms with van der Waals surface area (Å²) in [6, 6.07) is -1.57. The number of aliphatic hydroxyl groups is 1. The lowest BCUT2D eigenvalue weighted by atomic mass is 9.62. The number of esters is 1. The highest BCUT2D eigenvalue weighted by atomic mass is 16.6. The largest absolute Gasteiger partial charge is 0.466 e. The maximum Gasteiger partial charge on any atom is 0.312 e. The van der Waals surface area contributed by atoms with E-state index in [-0.39, 0.29) is 37.0 Å². The van der Waals surface area contributed by atoms with E-state index in [1.807, 2.05) is 34.6 Å². The zero-order chi connectivity index (χ0) is 24.0. The second-order valence-electron chi connectivity index (χ2n) is 9.82. The molecule has 32 heavy (non-hydrogen) atoms. The SMILES string of the molecule is C=CCN(C(=O)C1N([C@@H](CC)CO)C(=O)[C@@H]2[C@@H](C(=O)OCC)[C@]3(C)OC12CC3C)C(C)C. The van der Waals surface area contributed by atoms with Gasteiger partial charge in [-0.1, -0.05) is 19.9 Å². The van der Waals surface area contributed by atoms with Gasteiger partial charge in [-0.2, -0.15) is 0 Å². The van der Waals surface area contributed by atoms with Crippen LogP contribution in [0.25, 0.3) is 0 Å². The number of fused-ring (bicyclic) bond motifs is 1. The maximum atomic E-state index is 14.0. The topological polar surface area (TPSA) is 96.4 Å². The molecule has 1 spiro atoms. The Labute approximate surface area is 190 Å². The van der Waals surface area contributed by atoms with Gasteiger partial charge in [0.05, 0.1) is 30.8 Å². The number of aliphatic hydroxyl groups excluding tert-OH is 1. The number of carbonyl (C=O) groups excluding carboxylic acids is 3. The van der Waals surface area contributed by atoms with E-state index in [0.29, 0.717) is 19.4 Å². The van der Waals surface area contributed by atoms with Crippen molar-refractivity contribution in [1.29, 1.82) is 0 Å². The van der Waals surface area contributed by atoms with Gasteiger partial charge in [-0.25, -0.2) is 0 Å². The Morgan fingerprint density at radius 3 is 2.56 bits per heavy atom. The third kappa shape index (κ3) is 3.29. The van der Waals surface area contributed by atoms with Gasteiger partial charge in [-0.05, 0) is 46.5 Å². The molecule has 0 radical (unpaired) electrons. The molecule has 3 saturated heterocycles. The van der Waals surface area contributed by atoms with Crippen LogP contribution >= 0.6 is 0 Å². The molecule has 0 aliphatic carbocycles. The monoisotopic (exact) mass is 450 g/mol. The number of rotatable bonds is 9. The first kappa shape index (κ1) is 24.7. The van der Waals surface area contributed by atoms with Gasteiger partial charge in [0, 0.05) is 12.6 Å². The first-order valence-electron chi connectivity index (χ1n) is 11.8. The highest BCUT2D eigenvalue weighted by Crippen LogP contribution is 2.65. The molecule has 3 aliphatic heterocycles. The van der Waals surface area contributed by atoms with Crippen LogP contribution in [-0.2, 0) is 23.9 Å². The summed E-state index contributed by atoms with van der Waals surface area (Å²) in [4.78, 5) is 44.2. The molecule has 7 atom stereocenters. The minimum absolute atomic E-state index is 0.0442. The molecule has 1 N–H and O–H groups in total. The highest BCUT2D eigenvalue weighted by Gasteiger charge is 2.80. The van der Waals surface area contributed by atoms with E-state index in [2.05, 4.69) is 6.58 Å². The summed E-state index contributed by atoms with van der Waals surface area (Å²) in [7, 11) is 0. The molecule has 0 saturated carbocycles. The average Bonchev–Trinajstić information content (AvgIpc) is 3.24. The summed E-state index contributed by atoms with van der Waals surface area (Å²) >= 11 is 0. The van der Waals surface area contributed by atoms with Crippen LogP contribution in [0.4, 0.5) is 0 Å². The molecular weight excluding hydrogens is 412 g/mol. The lowest BCUT2D eigenvalue weighted by Crippen LogP contribution is -2.59. The number of carbonyl (C=O) groups is 3. The van der Waals surface area contributed by atoms with Gasteiger partial charge in [0.15, 0.2) is 0 Å². The van der Waals surface area contributed by atoms with Crippen LogP contribution in [0, 0.1) is 17.8 Å². The van der Waals surface area contributed by atoms with Crippen LogP contribution in [0.1, 0.15) is 54.4 Å². The van der Waals surface area contributed by atoms with Gasteiger partial charge in [0.1, 0.15) is 17.6 Å². The van der Waals surface area contributed by atoms with Crippen molar-refractivity contribution in [1.82, 2.24) is 9.80 Å². The van der Waals surface area contributed by atoms with Gasteiger partial charge in [0.2, 0.25) is 11.8 Å². The smallest absolute Gasteiger partial charge is 0.312 e. The molecule has 3 fully saturated rings. The molecule has 3 unspecified atom stereocenters. The predicted molar refractivity (Wildman–Crippen MR) is 118 cm³/mol. The summed E-state index contributed by atoms with van der Waals surface area (Å²) in [6.07, 6.45) is 2.63. The fourth-order valence-electron chi connectivity index (χ4n) is 6.20. The number of ether oxygens (including phenoxy) is 2. The van der Waals surface area contributed by atoms with Crippen LogP contribution < -0.4 is 0 Å². The molecule has 3 aliphatic rings. The van der Waals surface area contributed by atoms with Gasteiger partial charge in [-0.3, -0.25) is 14.4 Å². The van der Waals surface area contributed by atoms with E-state index in [9.17, 15) is 19.5 Å². The van der Waals surface area contributed by atoms with Crippen molar-refractivity contribution >= 4 is 17.8 Å². The molecule has 0 aromatic rings. The Kier molecular flexibility index (Phi) is 6.78. The molecule has 2 amide bonds. The van der Waals surface area contributed by atoms with Crippen LogP contribution in [0.2, 0.25) is 0 Å². The van der Waals surface area contributed by atoms with Gasteiger partial charge in [-0.15, -0.1) is 6.58 Å². The second-order valence-corrected chi connectivity index (χ2v) is 9.82. The van der Waals surface area contributed by atoms with Crippen LogP contribution in [0.15, 0.2) is 12.7 Å². The van der Waals surface area contributed by atoms with E-state index in [0.717, 1.165) is 0 Å². The lowest BCUT2D eigenvalue weighted by Gasteiger charge is -2.40. The molecule has 3 rings (SSSR count). The van der Waals surface area contributed by atoms with E-state index in [1.165, 1.54) is 4.90 Å². The van der Waals surface area contributed by atoms with Crippen molar-refractivity contribution in [2.75, 3.05) is 19.8 Å². The van der Waals surface area contributed by atoms with E-state index in [4.69, 9.17) is 9.47 Å². The standard InChI is InChI=1S/C24H38N2O6/c1-8-11-25(14(4)5)21(29)19-24-12-15(6)23(7,32-24)18(22(30)31-10-3)17(24)20(28)26(19)16(9-2)13-27/h8,14-19,27H,1,9-13H2,2-7H3/t15?,16-,17-,18-,19?,23+,24?/m0/s1. The zero-order valence-corrected chi connectivity index (χ0v) is 20.2. The fourth-order valence-corrected chi connectivity index (χ4v) is 6.20. The Hall–Kier alpha value is -1.93. The summed E-state index contributed by atoms with van der Waals surface area (Å²) in [5, 5.41) is 10.1. The molecule has 0 aromatic carbocycles. The van der Waals surface area contributed by atoms with Crippen LogP contribution in [0.3, 0.4) is 0 Å². The van der Waals surface area contributed by atoms with Crippen molar-refractivity contribution in [3.63, 3.8) is 0 Å². The summed E-state index contributed by atoms with van der Waals surface area (Å²) < 4.78 is 12.0. The number of likely N-dealkylation sites (tertiary alicyclic amines) is 1. The number of amides is 2. The third-order valence-corrected chi connectivity index (χ3v) is 7.83. The normalized spacial score (nSPS) is 36.4. The summed E-state index contributed by atoms with van der Waals surface area (Å²) in [5.74, 6) is -2.64. The van der Waals surface area contributed by atoms with Crippen molar-refractivity contribution in [3.05, 3.63) is 12.7 Å². The van der Waals surface area contributed by atoms with Crippen molar-refractivity contribution in [2.45, 2.75) is 83.7 Å². The summed E-state index contributed by atoms with van der Waals surface area (Å²) in [6.45, 7) is 15.3. The van der Waals surface area contributed by atoms with Crippen LogP contribution in [-0.4, -0.2) is 81.8 Å². The first-order valence-corrected chi connectivity index (χ1v) is 11.8. The third-order valence-electron chi connectivity index (χ3n) is 7.83. The molecule has 2 bridgehead atoms. The molecule has 0 aromatic heterocycles. The van der Waals surface area contributed by atoms with Crippen LogP contribution in [0.5, 0.6) is 0 Å². The Bertz CT molecular complexity index is 780. The zero-order valence-electron chi connectivity index (χ0n) is 20.2. The first-order chi connectivity index (χ1) is 15.0. The molecule has 8 heteroatoms. The Morgan fingerprint density at radius 2 is 2.06 bits per heavy atom. The minimum Gasteiger partial charge on any atom is -0.466 e. The highest BCUT2D eigenvalue weighted by molar-refractivity contribution is 5.99. The van der Waals surface area contributed by atoms with Crippen molar-refractivity contribution in [3.8, 4) is 0 Å². The van der Waals surface area contributed by atoms with Gasteiger partial charge >= 0.3 is 5.97 Å². The van der Waals surface area contributed by atoms with Crippen molar-refractivity contribution < 1.29 is 29.0 Å². The Morgan fingerprint density at radius 1 is 1.41 bits per heavy atom. The Balaban J connectivity index is 2.18. The molecule has 8 nitrogen and oxygen atoms in total. The number of hydrogen-bond donors (Lipinski definition) is 1. The fraction of sp³-hybridized carbons (Fsp3) is 0.792. The minimum atomic E-state index is -1.13. The van der Waals surface area contributed by atoms with Gasteiger partial charge in [0.25, 0.3) is 0 Å². The predicted octanol–water partition coefficient (Wildman–Crippen LogP) is 1.75. The molecule has 180 valence electrons. The van der Waals surface area contributed by atoms with Crippen molar-refractivity contribution in [2.24, 2.45) is 17.8 Å². The average molecular weight is 451 g/mol. The maximum absolute atomic E-state index is 14.0. The summed E-state index contributed by atoms with van der Waals surface area (Å²) in [5.41, 5.74) is -2.02.